The number of ether oxygens (including phenoxy) is 3. The first-order valence-corrected chi connectivity index (χ1v) is 17.6. The topological polar surface area (TPSA) is 218 Å². The van der Waals surface area contributed by atoms with Crippen molar-refractivity contribution in [2.45, 2.75) is 122 Å². The van der Waals surface area contributed by atoms with Gasteiger partial charge in [-0.3, -0.25) is 19.2 Å². The number of carbonyl (C=O) groups is 5. The molecule has 5 aliphatic rings. The number of rotatable bonds is 16. The SMILES string of the molecule is CCCC1O[C@@H]2CC3C4CCC5=CC(=O)C=C[C@]5(C)C4[C@@H](O)C[C@]3(C)[C@@]2(C(=O)COC(=O)CC(NC(=O)CCCCCO[N+](=O)[O-])C(=O)O)O1. The van der Waals surface area contributed by atoms with E-state index in [1.54, 1.807) is 12.2 Å². The molecular weight excluding hydrogens is 656 g/mol. The van der Waals surface area contributed by atoms with E-state index in [9.17, 15) is 44.3 Å². The molecule has 1 saturated heterocycles. The van der Waals surface area contributed by atoms with Crippen molar-refractivity contribution in [3.63, 3.8) is 0 Å². The molecular formula is C35H48N2O13. The van der Waals surface area contributed by atoms with Crippen LogP contribution in [0.15, 0.2) is 23.8 Å². The molecule has 0 bridgehead atoms. The summed E-state index contributed by atoms with van der Waals surface area (Å²) in [6, 6.07) is -1.59. The molecule has 50 heavy (non-hydrogen) atoms. The van der Waals surface area contributed by atoms with Crippen LogP contribution in [0.1, 0.15) is 91.4 Å². The number of carboxylic acid groups (broad SMARTS) is 1. The van der Waals surface area contributed by atoms with Gasteiger partial charge in [-0.1, -0.05) is 45.3 Å². The van der Waals surface area contributed by atoms with E-state index < -0.39 is 82.7 Å². The fourth-order valence-electron chi connectivity index (χ4n) is 9.65. The average molecular weight is 705 g/mol. The van der Waals surface area contributed by atoms with Crippen LogP contribution in [0, 0.1) is 38.7 Å². The second kappa shape index (κ2) is 14.9. The van der Waals surface area contributed by atoms with Gasteiger partial charge in [0, 0.05) is 23.2 Å². The summed E-state index contributed by atoms with van der Waals surface area (Å²) in [4.78, 5) is 78.0. The maximum atomic E-state index is 14.3. The fourth-order valence-corrected chi connectivity index (χ4v) is 9.65. The molecule has 15 heteroatoms. The van der Waals surface area contributed by atoms with Crippen LogP contribution < -0.4 is 5.32 Å². The van der Waals surface area contributed by atoms with Gasteiger partial charge in [0.15, 0.2) is 24.3 Å². The Bertz CT molecular complexity index is 1440. The van der Waals surface area contributed by atoms with Crippen molar-refractivity contribution in [1.29, 1.82) is 0 Å². The number of Topliss-reactive ketones (excluding diaryl/α,β-unsaturated/α-hetero) is 1. The first kappa shape index (κ1) is 37.6. The smallest absolute Gasteiger partial charge is 0.326 e. The average Bonchev–Trinajstić information content (AvgIpc) is 3.53. The van der Waals surface area contributed by atoms with Gasteiger partial charge >= 0.3 is 11.9 Å². The van der Waals surface area contributed by atoms with E-state index in [0.717, 1.165) is 18.4 Å². The molecule has 15 nitrogen and oxygen atoms in total. The van der Waals surface area contributed by atoms with Gasteiger partial charge in [0.25, 0.3) is 5.09 Å². The van der Waals surface area contributed by atoms with Gasteiger partial charge in [-0.15, -0.1) is 10.1 Å². The lowest BCUT2D eigenvalue weighted by atomic mass is 9.46. The Labute approximate surface area is 290 Å². The van der Waals surface area contributed by atoms with Gasteiger partial charge in [0.05, 0.1) is 25.2 Å². The van der Waals surface area contributed by atoms with Gasteiger partial charge in [-0.25, -0.2) is 4.79 Å². The highest BCUT2D eigenvalue weighted by molar-refractivity contribution is 6.01. The molecule has 0 aromatic rings. The summed E-state index contributed by atoms with van der Waals surface area (Å²) in [7, 11) is 0. The summed E-state index contributed by atoms with van der Waals surface area (Å²) in [5.41, 5.74) is -1.87. The van der Waals surface area contributed by atoms with Crippen LogP contribution >= 0.6 is 0 Å². The Morgan fingerprint density at radius 2 is 1.96 bits per heavy atom. The number of aliphatic hydroxyl groups is 1. The molecule has 10 atom stereocenters. The lowest BCUT2D eigenvalue weighted by Crippen LogP contribution is -2.63. The second-order valence-corrected chi connectivity index (χ2v) is 14.8. The van der Waals surface area contributed by atoms with Crippen molar-refractivity contribution >= 4 is 29.4 Å². The van der Waals surface area contributed by atoms with Crippen LogP contribution in [0.5, 0.6) is 0 Å². The minimum Gasteiger partial charge on any atom is -0.480 e. The lowest BCUT2D eigenvalue weighted by molar-refractivity contribution is -0.757. The zero-order valence-corrected chi connectivity index (χ0v) is 28.8. The number of carbonyl (C=O) groups excluding carboxylic acids is 4. The summed E-state index contributed by atoms with van der Waals surface area (Å²) in [6.45, 7) is 5.17. The van der Waals surface area contributed by atoms with Crippen LogP contribution in [0.2, 0.25) is 0 Å². The summed E-state index contributed by atoms with van der Waals surface area (Å²) in [5, 5.41) is 33.1. The molecule has 3 N–H and O–H groups in total. The Balaban J connectivity index is 1.25. The molecule has 0 spiro atoms. The number of ketones is 2. The van der Waals surface area contributed by atoms with Crippen molar-refractivity contribution in [3.8, 4) is 0 Å². The van der Waals surface area contributed by atoms with E-state index in [4.69, 9.17) is 14.2 Å². The normalized spacial score (nSPS) is 35.8. The number of hydrogen-bond acceptors (Lipinski definition) is 12. The zero-order chi connectivity index (χ0) is 36.4. The van der Waals surface area contributed by atoms with E-state index in [0.29, 0.717) is 38.5 Å². The van der Waals surface area contributed by atoms with E-state index >= 15 is 0 Å². The molecule has 3 saturated carbocycles. The van der Waals surface area contributed by atoms with Crippen LogP contribution in [-0.4, -0.2) is 88.1 Å². The molecule has 1 aliphatic heterocycles. The predicted octanol–water partition coefficient (Wildman–Crippen LogP) is 3.00. The molecule has 0 radical (unpaired) electrons. The third-order valence-corrected chi connectivity index (χ3v) is 11.8. The molecule has 276 valence electrons. The van der Waals surface area contributed by atoms with Gasteiger partial charge in [-0.2, -0.15) is 0 Å². The second-order valence-electron chi connectivity index (χ2n) is 14.8. The summed E-state index contributed by atoms with van der Waals surface area (Å²) < 4.78 is 18.3. The Morgan fingerprint density at radius 3 is 2.66 bits per heavy atom. The quantitative estimate of drug-likeness (QED) is 0.0912. The molecule has 1 heterocycles. The summed E-state index contributed by atoms with van der Waals surface area (Å²) in [5.74, 6) is -3.89. The molecule has 4 aliphatic carbocycles. The number of amides is 1. The number of nitrogens with zero attached hydrogens (tertiary/aromatic N) is 1. The Kier molecular flexibility index (Phi) is 11.2. The fraction of sp³-hybridized carbons (Fsp3) is 0.743. The van der Waals surface area contributed by atoms with E-state index in [-0.39, 0.29) is 43.0 Å². The molecule has 5 rings (SSSR count). The zero-order valence-electron chi connectivity index (χ0n) is 28.8. The number of esters is 1. The number of allylic oxidation sites excluding steroid dienone is 4. The predicted molar refractivity (Wildman–Crippen MR) is 172 cm³/mol. The number of fused-ring (bicyclic) bond motifs is 7. The van der Waals surface area contributed by atoms with Crippen molar-refractivity contribution in [2.75, 3.05) is 13.2 Å². The van der Waals surface area contributed by atoms with Crippen molar-refractivity contribution in [3.05, 3.63) is 33.9 Å². The van der Waals surface area contributed by atoms with Crippen molar-refractivity contribution < 1.29 is 58.3 Å². The number of carboxylic acids is 1. The number of hydrogen-bond donors (Lipinski definition) is 3. The van der Waals surface area contributed by atoms with Crippen molar-refractivity contribution in [1.82, 2.24) is 5.32 Å². The maximum Gasteiger partial charge on any atom is 0.326 e. The largest absolute Gasteiger partial charge is 0.480 e. The van der Waals surface area contributed by atoms with Gasteiger partial charge in [0.2, 0.25) is 11.7 Å². The molecule has 0 aromatic heterocycles. The maximum absolute atomic E-state index is 14.3. The highest BCUT2D eigenvalue weighted by Gasteiger charge is 2.75. The minimum absolute atomic E-state index is 0.00715. The molecule has 4 fully saturated rings. The highest BCUT2D eigenvalue weighted by atomic mass is 16.9. The van der Waals surface area contributed by atoms with Gasteiger partial charge in [-0.05, 0) is 68.9 Å². The van der Waals surface area contributed by atoms with E-state index in [2.05, 4.69) is 17.1 Å². The first-order chi connectivity index (χ1) is 23.7. The van der Waals surface area contributed by atoms with Crippen LogP contribution in [0.25, 0.3) is 0 Å². The van der Waals surface area contributed by atoms with E-state index in [1.807, 2.05) is 19.9 Å². The number of nitrogens with one attached hydrogen (secondary N) is 1. The first-order valence-electron chi connectivity index (χ1n) is 17.6. The summed E-state index contributed by atoms with van der Waals surface area (Å²) in [6.07, 6.45) is 6.81. The number of aliphatic hydroxyl groups excluding tert-OH is 1. The highest BCUT2D eigenvalue weighted by Crippen LogP contribution is 2.69. The third-order valence-electron chi connectivity index (χ3n) is 11.8. The standard InChI is InChI=1S/C35H48N2O13/c1-4-8-30-49-27-16-23-22-11-10-20-15-21(38)12-13-33(20,2)31(22)25(39)18-34(23,3)35(27,50-30)26(40)19-47-29(42)17-24(32(43)44)36-28(41)9-6-5-7-14-48-37(45)46/h12-13,15,22-25,27,30-31,39H,4-11,14,16-19H2,1-3H3,(H,36,41)(H,43,44)/t22?,23?,24?,25-,27+,30?,31?,33-,34-,35-/m0/s1. The third kappa shape index (κ3) is 6.96. The van der Waals surface area contributed by atoms with Gasteiger partial charge < -0.3 is 34.6 Å². The van der Waals surface area contributed by atoms with Crippen LogP contribution in [-0.2, 0) is 43.0 Å². The Hall–Kier alpha value is -3.69. The monoisotopic (exact) mass is 704 g/mol. The molecule has 0 aromatic carbocycles. The minimum atomic E-state index is -1.59. The summed E-state index contributed by atoms with van der Waals surface area (Å²) >= 11 is 0. The lowest BCUT2D eigenvalue weighted by Gasteiger charge is -2.59. The number of aliphatic carboxylic acids is 1. The van der Waals surface area contributed by atoms with Crippen LogP contribution in [0.4, 0.5) is 0 Å². The Morgan fingerprint density at radius 1 is 1.20 bits per heavy atom. The van der Waals surface area contributed by atoms with Crippen LogP contribution in [0.3, 0.4) is 0 Å². The van der Waals surface area contributed by atoms with Crippen molar-refractivity contribution in [2.24, 2.45) is 28.6 Å². The van der Waals surface area contributed by atoms with E-state index in [1.165, 1.54) is 0 Å². The number of unbranched alkanes of at least 4 members (excludes halogenated alkanes) is 2. The molecule has 5 unspecified atom stereocenters. The van der Waals surface area contributed by atoms with Gasteiger partial charge in [0.1, 0.15) is 6.04 Å². The molecule has 1 amide bonds.